The fourth-order valence-corrected chi connectivity index (χ4v) is 2.74. The maximum Gasteiger partial charge on any atom is 0.433 e. The molecule has 1 aliphatic heterocycles. The van der Waals surface area contributed by atoms with E-state index in [1.807, 2.05) is 18.9 Å². The SMILES string of the molecule is CC1CC(O)(c2ccc(C(F)(F)F)nc2Cl)CN1C. The molecule has 3 nitrogen and oxygen atoms in total. The Morgan fingerprint density at radius 2 is 2.11 bits per heavy atom. The molecule has 1 saturated heterocycles. The Morgan fingerprint density at radius 1 is 1.47 bits per heavy atom. The molecule has 7 heteroatoms. The van der Waals surface area contributed by atoms with Crippen LogP contribution in [0.2, 0.25) is 5.15 Å². The molecule has 1 aromatic heterocycles. The van der Waals surface area contributed by atoms with Crippen molar-refractivity contribution in [2.75, 3.05) is 13.6 Å². The number of β-amino-alcohol motifs (C(OH)–C–C–N with tert-alkyl or cyclic N) is 1. The molecule has 0 radical (unpaired) electrons. The molecule has 0 bridgehead atoms. The lowest BCUT2D eigenvalue weighted by atomic mass is 9.92. The number of aromatic nitrogens is 1. The number of rotatable bonds is 1. The quantitative estimate of drug-likeness (QED) is 0.809. The van der Waals surface area contributed by atoms with E-state index in [0.717, 1.165) is 6.07 Å². The van der Waals surface area contributed by atoms with Gasteiger partial charge in [0.15, 0.2) is 0 Å². The Morgan fingerprint density at radius 3 is 2.53 bits per heavy atom. The molecular formula is C12H14ClF3N2O. The van der Waals surface area contributed by atoms with Crippen LogP contribution in [0.25, 0.3) is 0 Å². The zero-order chi connectivity index (χ0) is 14.4. The van der Waals surface area contributed by atoms with Crippen LogP contribution in [0.5, 0.6) is 0 Å². The predicted octanol–water partition coefficient (Wildman–Crippen LogP) is 2.67. The van der Waals surface area contributed by atoms with E-state index in [-0.39, 0.29) is 16.8 Å². The molecule has 2 heterocycles. The Hall–Kier alpha value is -0.850. The second-order valence-corrected chi connectivity index (χ2v) is 5.39. The molecule has 1 fully saturated rings. The van der Waals surface area contributed by atoms with Gasteiger partial charge in [0.25, 0.3) is 0 Å². The van der Waals surface area contributed by atoms with Crippen molar-refractivity contribution >= 4 is 11.6 Å². The lowest BCUT2D eigenvalue weighted by Gasteiger charge is -2.24. The highest BCUT2D eigenvalue weighted by Gasteiger charge is 2.43. The summed E-state index contributed by atoms with van der Waals surface area (Å²) in [6, 6.07) is 2.19. The molecule has 0 aliphatic carbocycles. The summed E-state index contributed by atoms with van der Waals surface area (Å²) in [5.41, 5.74) is -2.05. The first-order valence-electron chi connectivity index (χ1n) is 5.80. The normalized spacial score (nSPS) is 28.9. The van der Waals surface area contributed by atoms with E-state index in [9.17, 15) is 18.3 Å². The molecule has 1 aliphatic rings. The molecule has 2 unspecified atom stereocenters. The molecule has 106 valence electrons. The van der Waals surface area contributed by atoms with Crippen LogP contribution in [0.4, 0.5) is 13.2 Å². The van der Waals surface area contributed by atoms with E-state index >= 15 is 0 Å². The van der Waals surface area contributed by atoms with Gasteiger partial charge in [0.1, 0.15) is 16.4 Å². The minimum absolute atomic E-state index is 0.128. The second kappa shape index (κ2) is 4.61. The van der Waals surface area contributed by atoms with Crippen LogP contribution in [0.1, 0.15) is 24.6 Å². The number of nitrogens with zero attached hydrogens (tertiary/aromatic N) is 2. The van der Waals surface area contributed by atoms with Gasteiger partial charge >= 0.3 is 6.18 Å². The highest BCUT2D eigenvalue weighted by Crippen LogP contribution is 2.39. The summed E-state index contributed by atoms with van der Waals surface area (Å²) in [7, 11) is 1.84. The molecule has 2 rings (SSSR count). The molecule has 0 amide bonds. The van der Waals surface area contributed by atoms with Crippen molar-refractivity contribution in [1.29, 1.82) is 0 Å². The Balaban J connectivity index is 2.37. The van der Waals surface area contributed by atoms with Crippen LogP contribution >= 0.6 is 11.6 Å². The fourth-order valence-electron chi connectivity index (χ4n) is 2.41. The number of pyridine rings is 1. The van der Waals surface area contributed by atoms with Crippen LogP contribution in [0.15, 0.2) is 12.1 Å². The highest BCUT2D eigenvalue weighted by atomic mass is 35.5. The van der Waals surface area contributed by atoms with E-state index in [0.29, 0.717) is 13.0 Å². The maximum atomic E-state index is 12.5. The molecule has 19 heavy (non-hydrogen) atoms. The average molecular weight is 295 g/mol. The lowest BCUT2D eigenvalue weighted by molar-refractivity contribution is -0.141. The second-order valence-electron chi connectivity index (χ2n) is 5.03. The van der Waals surface area contributed by atoms with Crippen LogP contribution < -0.4 is 0 Å². The molecule has 0 aromatic carbocycles. The molecule has 1 N–H and O–H groups in total. The number of likely N-dealkylation sites (N-methyl/N-ethyl adjacent to an activating group) is 1. The van der Waals surface area contributed by atoms with Gasteiger partial charge in [-0.2, -0.15) is 13.2 Å². The van der Waals surface area contributed by atoms with Gasteiger partial charge in [-0.05, 0) is 26.5 Å². The summed E-state index contributed by atoms with van der Waals surface area (Å²) < 4.78 is 37.5. The van der Waals surface area contributed by atoms with Crippen LogP contribution in [0.3, 0.4) is 0 Å². The average Bonchev–Trinajstić information content (AvgIpc) is 2.52. The number of aliphatic hydroxyl groups is 1. The van der Waals surface area contributed by atoms with E-state index in [4.69, 9.17) is 11.6 Å². The molecular weight excluding hydrogens is 281 g/mol. The Labute approximate surface area is 114 Å². The van der Waals surface area contributed by atoms with E-state index in [1.165, 1.54) is 6.07 Å². The van der Waals surface area contributed by atoms with Crippen LogP contribution in [-0.4, -0.2) is 34.6 Å². The van der Waals surface area contributed by atoms with Gasteiger partial charge in [-0.25, -0.2) is 4.98 Å². The third-order valence-electron chi connectivity index (χ3n) is 3.54. The van der Waals surface area contributed by atoms with Crippen molar-refractivity contribution in [2.24, 2.45) is 0 Å². The Bertz CT molecular complexity index is 482. The van der Waals surface area contributed by atoms with E-state index < -0.39 is 17.5 Å². The molecule has 0 spiro atoms. The summed E-state index contributed by atoms with van der Waals surface area (Å²) in [6.07, 6.45) is -4.12. The van der Waals surface area contributed by atoms with Gasteiger partial charge in [-0.3, -0.25) is 0 Å². The highest BCUT2D eigenvalue weighted by molar-refractivity contribution is 6.30. The van der Waals surface area contributed by atoms with E-state index in [1.54, 1.807) is 0 Å². The molecule has 1 aromatic rings. The third kappa shape index (κ3) is 2.70. The number of hydrogen-bond donors (Lipinski definition) is 1. The summed E-state index contributed by atoms with van der Waals surface area (Å²) in [5, 5.41) is 10.2. The van der Waals surface area contributed by atoms with Crippen molar-refractivity contribution in [3.8, 4) is 0 Å². The molecule has 2 atom stereocenters. The van der Waals surface area contributed by atoms with Crippen molar-refractivity contribution in [3.63, 3.8) is 0 Å². The monoisotopic (exact) mass is 294 g/mol. The topological polar surface area (TPSA) is 36.4 Å². The van der Waals surface area contributed by atoms with Gasteiger partial charge in [-0.15, -0.1) is 0 Å². The van der Waals surface area contributed by atoms with Gasteiger partial charge in [0.05, 0.1) is 0 Å². The molecule has 0 saturated carbocycles. The number of halogens is 4. The first-order valence-corrected chi connectivity index (χ1v) is 6.18. The predicted molar refractivity (Wildman–Crippen MR) is 64.9 cm³/mol. The number of hydrogen-bond acceptors (Lipinski definition) is 3. The van der Waals surface area contributed by atoms with Crippen LogP contribution in [-0.2, 0) is 11.8 Å². The van der Waals surface area contributed by atoms with Crippen molar-refractivity contribution < 1.29 is 18.3 Å². The Kier molecular flexibility index (Phi) is 3.53. The van der Waals surface area contributed by atoms with Crippen molar-refractivity contribution in [2.45, 2.75) is 31.2 Å². The largest absolute Gasteiger partial charge is 0.433 e. The standard InChI is InChI=1S/C12H14ClF3N2O/c1-7-5-11(19,6-18(7)2)8-3-4-9(12(14,15)16)17-10(8)13/h3-4,7,19H,5-6H2,1-2H3. The maximum absolute atomic E-state index is 12.5. The summed E-state index contributed by atoms with van der Waals surface area (Å²) in [5.74, 6) is 0. The van der Waals surface area contributed by atoms with Gasteiger partial charge in [-0.1, -0.05) is 17.7 Å². The third-order valence-corrected chi connectivity index (χ3v) is 3.83. The van der Waals surface area contributed by atoms with Crippen LogP contribution in [0, 0.1) is 0 Å². The van der Waals surface area contributed by atoms with Gasteiger partial charge in [0, 0.05) is 18.2 Å². The minimum Gasteiger partial charge on any atom is -0.384 e. The smallest absolute Gasteiger partial charge is 0.384 e. The summed E-state index contributed by atoms with van der Waals surface area (Å²) in [6.45, 7) is 2.25. The van der Waals surface area contributed by atoms with Crippen molar-refractivity contribution in [1.82, 2.24) is 9.88 Å². The summed E-state index contributed by atoms with van der Waals surface area (Å²) >= 11 is 5.81. The van der Waals surface area contributed by atoms with Gasteiger partial charge < -0.3 is 10.0 Å². The minimum atomic E-state index is -4.54. The zero-order valence-electron chi connectivity index (χ0n) is 10.5. The number of likely N-dealkylation sites (tertiary alicyclic amines) is 1. The van der Waals surface area contributed by atoms with Crippen molar-refractivity contribution in [3.05, 3.63) is 28.5 Å². The summed E-state index contributed by atoms with van der Waals surface area (Å²) in [4.78, 5) is 5.27. The van der Waals surface area contributed by atoms with Gasteiger partial charge in [0.2, 0.25) is 0 Å². The first-order chi connectivity index (χ1) is 8.63. The number of alkyl halides is 3. The van der Waals surface area contributed by atoms with E-state index in [2.05, 4.69) is 4.98 Å². The zero-order valence-corrected chi connectivity index (χ0v) is 11.3. The lowest BCUT2D eigenvalue weighted by Crippen LogP contribution is -2.30. The first kappa shape index (κ1) is 14.6. The fraction of sp³-hybridized carbons (Fsp3) is 0.583.